The van der Waals surface area contributed by atoms with Gasteiger partial charge in [-0.1, -0.05) is 41.4 Å². The number of fused-ring (bicyclic) bond motifs is 1. The second kappa shape index (κ2) is 6.01. The van der Waals surface area contributed by atoms with Crippen molar-refractivity contribution in [2.45, 2.75) is 18.7 Å². The number of carbonyl (C=O) groups is 1. The van der Waals surface area contributed by atoms with Gasteiger partial charge in [-0.05, 0) is 5.92 Å². The van der Waals surface area contributed by atoms with Gasteiger partial charge in [-0.3, -0.25) is 4.79 Å². The summed E-state index contributed by atoms with van der Waals surface area (Å²) in [5.41, 5.74) is 0.529. The number of halogens is 2. The highest BCUT2D eigenvalue weighted by Crippen LogP contribution is 2.38. The Morgan fingerprint density at radius 3 is 2.47 bits per heavy atom. The van der Waals surface area contributed by atoms with Crippen molar-refractivity contribution >= 4 is 39.1 Å². The Hall–Kier alpha value is -0.940. The fourth-order valence-corrected chi connectivity index (χ4v) is 1.98. The Morgan fingerprint density at radius 2 is 1.89 bits per heavy atom. The SMILES string of the molecule is CC(C)C(Br)C(=O)Nc1cc2c(cc1Cl)OCCO2. The molecular weight excluding hydrogens is 334 g/mol. The summed E-state index contributed by atoms with van der Waals surface area (Å²) in [5, 5.41) is 3.22. The Bertz CT molecular complexity index is 493. The van der Waals surface area contributed by atoms with Crippen LogP contribution in [0, 0.1) is 5.92 Å². The minimum atomic E-state index is -0.267. The normalized spacial score (nSPS) is 15.2. The average molecular weight is 349 g/mol. The van der Waals surface area contributed by atoms with E-state index in [4.69, 9.17) is 21.1 Å². The van der Waals surface area contributed by atoms with Gasteiger partial charge in [0.25, 0.3) is 0 Å². The topological polar surface area (TPSA) is 47.6 Å². The molecule has 0 spiro atoms. The number of nitrogens with one attached hydrogen (secondary N) is 1. The lowest BCUT2D eigenvalue weighted by molar-refractivity contribution is -0.116. The standard InChI is InChI=1S/C13H15BrClNO3/c1-7(2)12(14)13(17)16-9-6-11-10(5-8(9)15)18-3-4-19-11/h5-7,12H,3-4H2,1-2H3,(H,16,17). The molecule has 0 saturated carbocycles. The molecule has 19 heavy (non-hydrogen) atoms. The Kier molecular flexibility index (Phi) is 4.58. The Labute approximate surface area is 125 Å². The van der Waals surface area contributed by atoms with Crippen LogP contribution in [0.3, 0.4) is 0 Å². The molecule has 0 saturated heterocycles. The van der Waals surface area contributed by atoms with Crippen molar-refractivity contribution in [3.8, 4) is 11.5 Å². The molecule has 0 radical (unpaired) electrons. The molecule has 0 bridgehead atoms. The largest absolute Gasteiger partial charge is 0.486 e. The van der Waals surface area contributed by atoms with Crippen LogP contribution >= 0.6 is 27.5 Å². The van der Waals surface area contributed by atoms with Gasteiger partial charge in [0.05, 0.1) is 15.5 Å². The molecule has 0 aromatic heterocycles. The molecule has 0 fully saturated rings. The summed E-state index contributed by atoms with van der Waals surface area (Å²) in [6.45, 7) is 4.93. The molecule has 104 valence electrons. The minimum absolute atomic E-state index is 0.131. The van der Waals surface area contributed by atoms with Crippen LogP contribution in [0.15, 0.2) is 12.1 Å². The Morgan fingerprint density at radius 1 is 1.32 bits per heavy atom. The minimum Gasteiger partial charge on any atom is -0.486 e. The zero-order chi connectivity index (χ0) is 14.0. The second-order valence-corrected chi connectivity index (χ2v) is 6.00. The lowest BCUT2D eigenvalue weighted by Gasteiger charge is -2.20. The third-order valence-electron chi connectivity index (χ3n) is 2.73. The number of benzene rings is 1. The van der Waals surface area contributed by atoms with E-state index in [2.05, 4.69) is 21.2 Å². The van der Waals surface area contributed by atoms with Crippen molar-refractivity contribution in [3.63, 3.8) is 0 Å². The quantitative estimate of drug-likeness (QED) is 0.851. The van der Waals surface area contributed by atoms with Gasteiger partial charge in [0.2, 0.25) is 5.91 Å². The van der Waals surface area contributed by atoms with E-state index < -0.39 is 0 Å². The van der Waals surface area contributed by atoms with Crippen LogP contribution in [0.4, 0.5) is 5.69 Å². The molecule has 1 aliphatic rings. The van der Waals surface area contributed by atoms with E-state index in [1.165, 1.54) is 0 Å². The van der Waals surface area contributed by atoms with E-state index in [0.29, 0.717) is 35.4 Å². The van der Waals surface area contributed by atoms with Crippen LogP contribution < -0.4 is 14.8 Å². The van der Waals surface area contributed by atoms with E-state index in [1.807, 2.05) is 13.8 Å². The summed E-state index contributed by atoms with van der Waals surface area (Å²) in [6, 6.07) is 3.35. The molecule has 1 aliphatic heterocycles. The predicted molar refractivity (Wildman–Crippen MR) is 78.6 cm³/mol. The van der Waals surface area contributed by atoms with Gasteiger partial charge in [0.15, 0.2) is 11.5 Å². The maximum Gasteiger partial charge on any atom is 0.238 e. The van der Waals surface area contributed by atoms with Crippen LogP contribution in [-0.4, -0.2) is 23.9 Å². The molecule has 6 heteroatoms. The fraction of sp³-hybridized carbons (Fsp3) is 0.462. The summed E-state index contributed by atoms with van der Waals surface area (Å²) < 4.78 is 10.9. The van der Waals surface area contributed by atoms with Crippen molar-refractivity contribution in [3.05, 3.63) is 17.2 Å². The number of anilines is 1. The number of amides is 1. The molecule has 1 aromatic rings. The number of ether oxygens (including phenoxy) is 2. The third-order valence-corrected chi connectivity index (χ3v) is 4.51. The summed E-state index contributed by atoms with van der Waals surface area (Å²) in [4.78, 5) is 11.7. The molecule has 1 aromatic carbocycles. The van der Waals surface area contributed by atoms with Gasteiger partial charge in [0, 0.05) is 12.1 Å². The maximum absolute atomic E-state index is 12.0. The first-order valence-corrected chi connectivity index (χ1v) is 7.32. The summed E-state index contributed by atoms with van der Waals surface area (Å²) in [5.74, 6) is 1.26. The molecule has 0 aliphatic carbocycles. The number of carbonyl (C=O) groups excluding carboxylic acids is 1. The van der Waals surface area contributed by atoms with Gasteiger partial charge >= 0.3 is 0 Å². The summed E-state index contributed by atoms with van der Waals surface area (Å²) >= 11 is 9.48. The lowest BCUT2D eigenvalue weighted by Crippen LogP contribution is -2.27. The smallest absolute Gasteiger partial charge is 0.238 e. The molecule has 1 atom stereocenters. The fourth-order valence-electron chi connectivity index (χ4n) is 1.66. The lowest BCUT2D eigenvalue weighted by atomic mass is 10.1. The number of rotatable bonds is 3. The van der Waals surface area contributed by atoms with E-state index in [9.17, 15) is 4.79 Å². The van der Waals surface area contributed by atoms with Gasteiger partial charge in [0.1, 0.15) is 13.2 Å². The molecular formula is C13H15BrClNO3. The maximum atomic E-state index is 12.0. The van der Waals surface area contributed by atoms with Crippen LogP contribution in [0.5, 0.6) is 11.5 Å². The highest BCUT2D eigenvalue weighted by Gasteiger charge is 2.21. The molecule has 4 nitrogen and oxygen atoms in total. The van der Waals surface area contributed by atoms with E-state index in [0.717, 1.165) is 0 Å². The predicted octanol–water partition coefficient (Wildman–Crippen LogP) is 3.47. The molecule has 1 N–H and O–H groups in total. The van der Waals surface area contributed by atoms with Crippen molar-refractivity contribution in [1.29, 1.82) is 0 Å². The first-order chi connectivity index (χ1) is 8.99. The zero-order valence-corrected chi connectivity index (χ0v) is 13.0. The van der Waals surface area contributed by atoms with E-state index in [-0.39, 0.29) is 16.7 Å². The monoisotopic (exact) mass is 347 g/mol. The van der Waals surface area contributed by atoms with Crippen LogP contribution in [0.1, 0.15) is 13.8 Å². The van der Waals surface area contributed by atoms with E-state index in [1.54, 1.807) is 12.1 Å². The van der Waals surface area contributed by atoms with Crippen LogP contribution in [-0.2, 0) is 4.79 Å². The van der Waals surface area contributed by atoms with Gasteiger partial charge in [-0.15, -0.1) is 0 Å². The molecule has 2 rings (SSSR count). The number of alkyl halides is 1. The zero-order valence-electron chi connectivity index (χ0n) is 10.7. The summed E-state index contributed by atoms with van der Waals surface area (Å²) in [6.07, 6.45) is 0. The first kappa shape index (κ1) is 14.5. The van der Waals surface area contributed by atoms with Crippen molar-refractivity contribution in [1.82, 2.24) is 0 Å². The molecule has 1 amide bonds. The summed E-state index contributed by atoms with van der Waals surface area (Å²) in [7, 11) is 0. The number of hydrogen-bond donors (Lipinski definition) is 1. The van der Waals surface area contributed by atoms with Gasteiger partial charge in [-0.2, -0.15) is 0 Å². The third kappa shape index (κ3) is 3.34. The van der Waals surface area contributed by atoms with Crippen molar-refractivity contribution in [2.75, 3.05) is 18.5 Å². The van der Waals surface area contributed by atoms with Gasteiger partial charge < -0.3 is 14.8 Å². The first-order valence-electron chi connectivity index (χ1n) is 6.03. The highest BCUT2D eigenvalue weighted by molar-refractivity contribution is 9.10. The highest BCUT2D eigenvalue weighted by atomic mass is 79.9. The number of hydrogen-bond acceptors (Lipinski definition) is 3. The van der Waals surface area contributed by atoms with Crippen LogP contribution in [0.2, 0.25) is 5.02 Å². The second-order valence-electron chi connectivity index (χ2n) is 4.61. The molecule has 1 unspecified atom stereocenters. The van der Waals surface area contributed by atoms with Gasteiger partial charge in [-0.25, -0.2) is 0 Å². The Balaban J connectivity index is 2.19. The van der Waals surface area contributed by atoms with Crippen molar-refractivity contribution < 1.29 is 14.3 Å². The van der Waals surface area contributed by atoms with Crippen molar-refractivity contribution in [2.24, 2.45) is 5.92 Å². The van der Waals surface area contributed by atoms with E-state index >= 15 is 0 Å². The average Bonchev–Trinajstić information content (AvgIpc) is 2.38. The van der Waals surface area contributed by atoms with Crippen LogP contribution in [0.25, 0.3) is 0 Å². The molecule has 1 heterocycles.